The van der Waals surface area contributed by atoms with Gasteiger partial charge in [-0.3, -0.25) is 9.80 Å². The SMILES string of the molecule is c1ccc(N2c3ccccc3N=c3nc4c(nc32)=Nc2ccccc2N4c2ccccc2)cc1. The minimum absolute atomic E-state index is 0.566. The van der Waals surface area contributed by atoms with E-state index in [1.165, 1.54) is 0 Å². The zero-order valence-corrected chi connectivity index (χ0v) is 18.1. The lowest BCUT2D eigenvalue weighted by atomic mass is 10.1. The zero-order valence-electron chi connectivity index (χ0n) is 18.1. The van der Waals surface area contributed by atoms with Crippen LogP contribution in [-0.4, -0.2) is 9.97 Å². The molecule has 2 aliphatic heterocycles. The van der Waals surface area contributed by atoms with Crippen molar-refractivity contribution in [3.8, 4) is 0 Å². The van der Waals surface area contributed by atoms with Crippen molar-refractivity contribution in [3.63, 3.8) is 0 Å². The van der Waals surface area contributed by atoms with Gasteiger partial charge >= 0.3 is 0 Å². The molecule has 0 unspecified atom stereocenters. The van der Waals surface area contributed by atoms with E-state index >= 15 is 0 Å². The lowest BCUT2D eigenvalue weighted by molar-refractivity contribution is 0.943. The van der Waals surface area contributed by atoms with Crippen LogP contribution < -0.4 is 20.8 Å². The molecule has 4 aromatic carbocycles. The van der Waals surface area contributed by atoms with Crippen molar-refractivity contribution >= 4 is 45.8 Å². The van der Waals surface area contributed by atoms with Crippen LogP contribution in [0.2, 0.25) is 0 Å². The molecule has 0 atom stereocenters. The third-order valence-corrected chi connectivity index (χ3v) is 5.97. The quantitative estimate of drug-likeness (QED) is 0.335. The zero-order chi connectivity index (χ0) is 22.5. The maximum Gasteiger partial charge on any atom is 0.199 e. The maximum absolute atomic E-state index is 5.05. The van der Waals surface area contributed by atoms with Crippen molar-refractivity contribution in [1.29, 1.82) is 0 Å². The van der Waals surface area contributed by atoms with E-state index in [1.807, 2.05) is 72.8 Å². The summed E-state index contributed by atoms with van der Waals surface area (Å²) in [5.74, 6) is 1.33. The first-order valence-corrected chi connectivity index (χ1v) is 11.1. The predicted octanol–water partition coefficient (Wildman–Crippen LogP) is 5.95. The summed E-state index contributed by atoms with van der Waals surface area (Å²) in [6.45, 7) is 0. The van der Waals surface area contributed by atoms with Gasteiger partial charge in [0.2, 0.25) is 0 Å². The highest BCUT2D eigenvalue weighted by Crippen LogP contribution is 2.42. The van der Waals surface area contributed by atoms with Crippen LogP contribution in [0.25, 0.3) is 0 Å². The molecule has 2 aliphatic rings. The highest BCUT2D eigenvalue weighted by molar-refractivity contribution is 5.86. The molecule has 1 aromatic heterocycles. The number of nitrogens with zero attached hydrogens (tertiary/aromatic N) is 6. The first-order chi connectivity index (χ1) is 16.9. The lowest BCUT2D eigenvalue weighted by Gasteiger charge is -2.31. The van der Waals surface area contributed by atoms with Gasteiger partial charge in [-0.05, 0) is 48.5 Å². The molecule has 5 aromatic rings. The Balaban J connectivity index is 1.55. The van der Waals surface area contributed by atoms with Crippen LogP contribution in [0.1, 0.15) is 0 Å². The molecule has 34 heavy (non-hydrogen) atoms. The first-order valence-electron chi connectivity index (χ1n) is 11.1. The number of rotatable bonds is 2. The molecular weight excluding hydrogens is 420 g/mol. The fourth-order valence-electron chi connectivity index (χ4n) is 4.48. The van der Waals surface area contributed by atoms with Crippen LogP contribution >= 0.6 is 0 Å². The minimum atomic E-state index is 0.566. The Hall–Kier alpha value is -4.84. The predicted molar refractivity (Wildman–Crippen MR) is 133 cm³/mol. The third-order valence-electron chi connectivity index (χ3n) is 5.97. The Morgan fingerprint density at radius 2 is 0.794 bits per heavy atom. The molecule has 0 aliphatic carbocycles. The minimum Gasteiger partial charge on any atom is -0.290 e. The lowest BCUT2D eigenvalue weighted by Crippen LogP contribution is -2.35. The summed E-state index contributed by atoms with van der Waals surface area (Å²) in [6, 6.07) is 36.5. The van der Waals surface area contributed by atoms with E-state index in [9.17, 15) is 0 Å². The third kappa shape index (κ3) is 2.82. The number of benzene rings is 4. The Kier molecular flexibility index (Phi) is 4.04. The number of aromatic nitrogens is 2. The summed E-state index contributed by atoms with van der Waals surface area (Å²) in [4.78, 5) is 24.1. The molecule has 7 rings (SSSR count). The summed E-state index contributed by atoms with van der Waals surface area (Å²) in [5, 5.41) is 0. The fraction of sp³-hybridized carbons (Fsp3) is 0. The van der Waals surface area contributed by atoms with Crippen molar-refractivity contribution < 1.29 is 0 Å². The van der Waals surface area contributed by atoms with Crippen molar-refractivity contribution in [3.05, 3.63) is 120 Å². The average molecular weight is 438 g/mol. The van der Waals surface area contributed by atoms with Gasteiger partial charge in [0, 0.05) is 11.4 Å². The van der Waals surface area contributed by atoms with Gasteiger partial charge < -0.3 is 0 Å². The average Bonchev–Trinajstić information content (AvgIpc) is 2.90. The fourth-order valence-corrected chi connectivity index (χ4v) is 4.48. The van der Waals surface area contributed by atoms with Crippen molar-refractivity contribution in [2.45, 2.75) is 0 Å². The molecule has 3 heterocycles. The number of hydrogen-bond acceptors (Lipinski definition) is 6. The Labute approximate surface area is 195 Å². The Morgan fingerprint density at radius 1 is 0.412 bits per heavy atom. The molecule has 0 amide bonds. The molecular formula is C28H18N6. The van der Waals surface area contributed by atoms with Gasteiger partial charge in [0.15, 0.2) is 22.6 Å². The van der Waals surface area contributed by atoms with E-state index in [4.69, 9.17) is 20.0 Å². The van der Waals surface area contributed by atoms with Crippen LogP contribution in [0.5, 0.6) is 0 Å². The summed E-state index contributed by atoms with van der Waals surface area (Å²) < 4.78 is 0. The van der Waals surface area contributed by atoms with Gasteiger partial charge in [-0.2, -0.15) is 0 Å². The molecule has 0 saturated carbocycles. The Morgan fingerprint density at radius 3 is 1.24 bits per heavy atom. The first kappa shape index (κ1) is 18.7. The molecule has 0 N–H and O–H groups in total. The van der Waals surface area contributed by atoms with Crippen molar-refractivity contribution in [1.82, 2.24) is 9.97 Å². The van der Waals surface area contributed by atoms with E-state index in [0.29, 0.717) is 22.6 Å². The van der Waals surface area contributed by atoms with Gasteiger partial charge in [-0.1, -0.05) is 60.7 Å². The summed E-state index contributed by atoms with van der Waals surface area (Å²) >= 11 is 0. The largest absolute Gasteiger partial charge is 0.290 e. The van der Waals surface area contributed by atoms with E-state index in [0.717, 1.165) is 34.1 Å². The molecule has 0 saturated heterocycles. The molecule has 6 heteroatoms. The molecule has 160 valence electrons. The highest BCUT2D eigenvalue weighted by Gasteiger charge is 2.28. The summed E-state index contributed by atoms with van der Waals surface area (Å²) in [5.41, 5.74) is 6.76. The second kappa shape index (κ2) is 7.35. The number of hydrogen-bond donors (Lipinski definition) is 0. The molecule has 0 radical (unpaired) electrons. The Bertz CT molecular complexity index is 1540. The van der Waals surface area contributed by atoms with E-state index in [2.05, 4.69) is 46.2 Å². The van der Waals surface area contributed by atoms with Crippen LogP contribution in [0, 0.1) is 0 Å². The second-order valence-corrected chi connectivity index (χ2v) is 8.06. The monoisotopic (exact) mass is 438 g/mol. The van der Waals surface area contributed by atoms with E-state index < -0.39 is 0 Å². The van der Waals surface area contributed by atoms with Gasteiger partial charge in [-0.25, -0.2) is 20.0 Å². The second-order valence-electron chi connectivity index (χ2n) is 8.06. The topological polar surface area (TPSA) is 57.0 Å². The van der Waals surface area contributed by atoms with E-state index in [1.54, 1.807) is 0 Å². The van der Waals surface area contributed by atoms with Crippen LogP contribution in [-0.2, 0) is 0 Å². The van der Waals surface area contributed by atoms with Crippen LogP contribution in [0.4, 0.5) is 45.8 Å². The van der Waals surface area contributed by atoms with Gasteiger partial charge in [-0.15, -0.1) is 0 Å². The van der Waals surface area contributed by atoms with Crippen LogP contribution in [0.15, 0.2) is 119 Å². The summed E-state index contributed by atoms with van der Waals surface area (Å²) in [7, 11) is 0. The molecule has 0 fully saturated rings. The van der Waals surface area contributed by atoms with Gasteiger partial charge in [0.25, 0.3) is 0 Å². The van der Waals surface area contributed by atoms with Gasteiger partial charge in [0.05, 0.1) is 22.7 Å². The van der Waals surface area contributed by atoms with E-state index in [-0.39, 0.29) is 0 Å². The smallest absolute Gasteiger partial charge is 0.199 e. The number of fused-ring (bicyclic) bond motifs is 4. The standard InChI is InChI=1S/C28H18N6/c1-3-11-19(12-4-1)33-23-17-9-7-15-21(23)29-25-27(33)31-26-28(32-25)34(20-13-5-2-6-14-20)24-18-10-8-16-22(24)30-26/h1-18H. The molecule has 6 nitrogen and oxygen atoms in total. The normalized spacial score (nSPS) is 13.1. The molecule has 0 bridgehead atoms. The maximum atomic E-state index is 5.05. The number of anilines is 6. The van der Waals surface area contributed by atoms with Crippen molar-refractivity contribution in [2.75, 3.05) is 9.80 Å². The summed E-state index contributed by atoms with van der Waals surface area (Å²) in [6.07, 6.45) is 0. The molecule has 0 spiro atoms. The highest BCUT2D eigenvalue weighted by atomic mass is 15.3. The van der Waals surface area contributed by atoms with Crippen molar-refractivity contribution in [2.24, 2.45) is 9.98 Å². The van der Waals surface area contributed by atoms with Gasteiger partial charge in [0.1, 0.15) is 0 Å². The van der Waals surface area contributed by atoms with Crippen LogP contribution in [0.3, 0.4) is 0 Å². The number of para-hydroxylation sites is 6.